The Balaban J connectivity index is 0.000000118. The first-order valence-corrected chi connectivity index (χ1v) is 41.4. The summed E-state index contributed by atoms with van der Waals surface area (Å²) in [5.41, 5.74) is 33.3. The van der Waals surface area contributed by atoms with E-state index in [0.717, 1.165) is 67.2 Å². The molecule has 0 radical (unpaired) electrons. The molecule has 0 atom stereocenters. The van der Waals surface area contributed by atoms with Crippen molar-refractivity contribution in [2.24, 2.45) is 0 Å². The largest absolute Gasteiger partial charge is 0.309 e. The summed E-state index contributed by atoms with van der Waals surface area (Å²) < 4.78 is 3.56. The maximum atomic E-state index is 5.33. The van der Waals surface area contributed by atoms with E-state index in [0.29, 0.717) is 0 Å². The van der Waals surface area contributed by atoms with Crippen LogP contribution in [0.2, 0.25) is 0 Å². The molecule has 0 spiro atoms. The van der Waals surface area contributed by atoms with E-state index in [1.54, 1.807) is 0 Å². The van der Waals surface area contributed by atoms with Crippen LogP contribution in [0.4, 0.5) is 0 Å². The van der Waals surface area contributed by atoms with E-state index in [2.05, 4.69) is 400 Å². The third-order valence-electron chi connectivity index (χ3n) is 25.3. The van der Waals surface area contributed by atoms with Crippen molar-refractivity contribution in [1.29, 1.82) is 0 Å². The van der Waals surface area contributed by atoms with Gasteiger partial charge in [-0.05, 0) is 251 Å². The maximum absolute atomic E-state index is 5.33. The van der Waals surface area contributed by atoms with E-state index in [-0.39, 0.29) is 10.8 Å². The minimum atomic E-state index is -0.129. The van der Waals surface area contributed by atoms with Gasteiger partial charge >= 0.3 is 0 Å². The Hall–Kier alpha value is -13.9. The molecule has 0 bridgehead atoms. The van der Waals surface area contributed by atoms with Gasteiger partial charge in [0.15, 0.2) is 0 Å². The number of rotatable bonds is 7. The zero-order chi connectivity index (χ0) is 78.2. The van der Waals surface area contributed by atoms with Crippen molar-refractivity contribution >= 4 is 102 Å². The minimum absolute atomic E-state index is 0.0485. The monoisotopic (exact) mass is 1560 g/mol. The summed E-state index contributed by atoms with van der Waals surface area (Å²) in [6.45, 7) is 9.50. The molecule has 0 amide bonds. The van der Waals surface area contributed by atoms with Crippen LogP contribution in [0.5, 0.6) is 0 Å². The fourth-order valence-corrected chi connectivity index (χ4v) is 20.0. The average molecular weight is 1560 g/mol. The lowest BCUT2D eigenvalue weighted by Gasteiger charge is -2.22. The molecule has 552 valence electrons. The molecule has 3 aliphatic rings. The standard InChI is InChI=1S/C56H38N2.C34H24.C23H16BrN/c1-56(2)50-27-14-13-26-44(50)47-32-49-48-31-45-42-24-11-9-22-40(42)41-23-10-12-25-43(41)46(45)33-54(48)58(55(49)34-51(47)56)39-21-15-20-37(28-39)53-30-38(35-16-5-3-6-17-35)29-52(57-53)36-18-7-4-8-19-36;1-34(2)32-14-8-7-13-26(32)31-19-28-21(17-33(31)34)15-20-16-29-24-11-5-3-9-22(24)23-10-4-6-12-25(23)30(29)18-27(20)28;24-21-13-7-12-19(14-21)23-16-20(17-8-3-1-4-9-17)15-22(25-23)18-10-5-2-6-11-18/h3-34H,1-2H3;3-14,16-19H,15H2,1-2H3;1-16H. The van der Waals surface area contributed by atoms with Crippen LogP contribution in [0, 0.1) is 0 Å². The molecule has 0 unspecified atom stereocenters. The highest BCUT2D eigenvalue weighted by Crippen LogP contribution is 2.55. The number of fused-ring (bicyclic) bond motifs is 24. The lowest BCUT2D eigenvalue weighted by Crippen LogP contribution is -2.15. The van der Waals surface area contributed by atoms with Crippen molar-refractivity contribution in [3.05, 3.63) is 426 Å². The quantitative estimate of drug-likeness (QED) is 0.149. The van der Waals surface area contributed by atoms with E-state index < -0.39 is 0 Å². The van der Waals surface area contributed by atoms with E-state index in [1.165, 1.54) is 170 Å². The van der Waals surface area contributed by atoms with Gasteiger partial charge in [0.25, 0.3) is 0 Å². The van der Waals surface area contributed by atoms with Crippen molar-refractivity contribution in [2.75, 3.05) is 0 Å². The maximum Gasteiger partial charge on any atom is 0.0716 e. The molecule has 4 heteroatoms. The van der Waals surface area contributed by atoms with Crippen molar-refractivity contribution in [1.82, 2.24) is 14.5 Å². The molecule has 0 saturated heterocycles. The number of hydrogen-bond donors (Lipinski definition) is 0. The summed E-state index contributed by atoms with van der Waals surface area (Å²) in [5.74, 6) is 0. The van der Waals surface area contributed by atoms with Crippen molar-refractivity contribution in [3.8, 4) is 106 Å². The zero-order valence-electron chi connectivity index (χ0n) is 65.4. The number of hydrogen-bond acceptors (Lipinski definition) is 2. The van der Waals surface area contributed by atoms with Crippen LogP contribution in [0.1, 0.15) is 61.1 Å². The summed E-state index contributed by atoms with van der Waals surface area (Å²) in [6.07, 6.45) is 1.02. The van der Waals surface area contributed by atoms with E-state index >= 15 is 0 Å². The van der Waals surface area contributed by atoms with Gasteiger partial charge in [-0.1, -0.05) is 341 Å². The highest BCUT2D eigenvalue weighted by atomic mass is 79.9. The second-order valence-electron chi connectivity index (χ2n) is 32.8. The molecule has 0 saturated carbocycles. The SMILES string of the molecule is Brc1cccc(-c2cc(-c3ccccc3)cc(-c3ccccc3)n2)c1.CC1(C)c2ccccc2-c2cc3c(cc21)Cc1cc2c4ccccc4c4ccccc4c2cc1-3.CC1(C)c2ccccc2-c2cc3c4cc5c6ccccc6c6ccccc6c5cc4n(-c4cccc(-c5cc(-c6ccccc6)cc(-c6ccccc6)n5)c4)c3cc21. The van der Waals surface area contributed by atoms with Gasteiger partial charge in [0.05, 0.1) is 33.8 Å². The van der Waals surface area contributed by atoms with Crippen LogP contribution >= 0.6 is 15.9 Å². The molecule has 18 aromatic carbocycles. The van der Waals surface area contributed by atoms with Crippen LogP contribution in [0.25, 0.3) is 193 Å². The summed E-state index contributed by atoms with van der Waals surface area (Å²) >= 11 is 3.56. The molecule has 0 N–H and O–H groups in total. The number of pyridine rings is 2. The van der Waals surface area contributed by atoms with Crippen molar-refractivity contribution in [3.63, 3.8) is 0 Å². The smallest absolute Gasteiger partial charge is 0.0716 e. The summed E-state index contributed by atoms with van der Waals surface area (Å²) in [7, 11) is 0. The Bertz CT molecular complexity index is 7530. The van der Waals surface area contributed by atoms with Crippen LogP contribution in [0.15, 0.2) is 393 Å². The van der Waals surface area contributed by atoms with Crippen LogP contribution in [-0.2, 0) is 17.3 Å². The molecule has 0 fully saturated rings. The minimum Gasteiger partial charge on any atom is -0.309 e. The zero-order valence-corrected chi connectivity index (χ0v) is 67.0. The predicted molar refractivity (Wildman–Crippen MR) is 498 cm³/mol. The molecule has 0 aliphatic heterocycles. The Kier molecular flexibility index (Phi) is 16.5. The average Bonchev–Trinajstić information content (AvgIpc) is 1.58. The van der Waals surface area contributed by atoms with Gasteiger partial charge in [0.1, 0.15) is 0 Å². The van der Waals surface area contributed by atoms with Gasteiger partial charge in [0, 0.05) is 54.0 Å². The lowest BCUT2D eigenvalue weighted by molar-refractivity contribution is 0.659. The number of aromatic nitrogens is 3. The first-order valence-electron chi connectivity index (χ1n) is 40.6. The van der Waals surface area contributed by atoms with Gasteiger partial charge < -0.3 is 4.57 Å². The molecule has 3 nitrogen and oxygen atoms in total. The van der Waals surface area contributed by atoms with E-state index in [1.807, 2.05) is 36.4 Å². The highest BCUT2D eigenvalue weighted by molar-refractivity contribution is 9.10. The van der Waals surface area contributed by atoms with Gasteiger partial charge in [0.2, 0.25) is 0 Å². The fraction of sp³-hybridized carbons (Fsp3) is 0.0619. The Morgan fingerprint density at radius 1 is 0.222 bits per heavy atom. The third-order valence-corrected chi connectivity index (χ3v) is 25.8. The lowest BCUT2D eigenvalue weighted by atomic mass is 9.81. The van der Waals surface area contributed by atoms with Gasteiger partial charge in [-0.2, -0.15) is 0 Å². The molecule has 21 aromatic rings. The van der Waals surface area contributed by atoms with E-state index in [9.17, 15) is 0 Å². The predicted octanol–water partition coefficient (Wildman–Crippen LogP) is 30.8. The summed E-state index contributed by atoms with van der Waals surface area (Å²) in [6, 6.07) is 141. The number of benzene rings is 18. The molecular weight excluding hydrogens is 1480 g/mol. The third kappa shape index (κ3) is 11.7. The Morgan fingerprint density at radius 2 is 0.564 bits per heavy atom. The van der Waals surface area contributed by atoms with Crippen molar-refractivity contribution < 1.29 is 0 Å². The molecule has 3 heterocycles. The number of halogens is 1. The van der Waals surface area contributed by atoms with Gasteiger partial charge in [-0.25, -0.2) is 9.97 Å². The van der Waals surface area contributed by atoms with E-state index in [4.69, 9.17) is 9.97 Å². The second kappa shape index (κ2) is 27.7. The molecule has 3 aliphatic carbocycles. The Morgan fingerprint density at radius 3 is 1.06 bits per heavy atom. The van der Waals surface area contributed by atoms with Crippen molar-refractivity contribution in [2.45, 2.75) is 44.9 Å². The second-order valence-corrected chi connectivity index (χ2v) is 33.7. The summed E-state index contributed by atoms with van der Waals surface area (Å²) in [5, 5.41) is 18.3. The topological polar surface area (TPSA) is 30.7 Å². The van der Waals surface area contributed by atoms with Gasteiger partial charge in [-0.15, -0.1) is 0 Å². The Labute approximate surface area is 689 Å². The molecule has 117 heavy (non-hydrogen) atoms. The first kappa shape index (κ1) is 69.8. The van der Waals surface area contributed by atoms with Crippen LogP contribution in [-0.4, -0.2) is 14.5 Å². The van der Waals surface area contributed by atoms with Crippen LogP contribution in [0.3, 0.4) is 0 Å². The first-order chi connectivity index (χ1) is 57.4. The molecule has 24 rings (SSSR count). The summed E-state index contributed by atoms with van der Waals surface area (Å²) in [4.78, 5) is 10.3. The highest BCUT2D eigenvalue weighted by Gasteiger charge is 2.39. The molecular formula is C113H78BrN3. The van der Waals surface area contributed by atoms with Gasteiger partial charge in [-0.3, -0.25) is 0 Å². The number of nitrogens with zero attached hydrogens (tertiary/aromatic N) is 3. The fourth-order valence-electron chi connectivity index (χ4n) is 19.6. The van der Waals surface area contributed by atoms with Crippen LogP contribution < -0.4 is 0 Å². The normalized spacial score (nSPS) is 13.1. The molecule has 3 aromatic heterocycles.